The summed E-state index contributed by atoms with van der Waals surface area (Å²) in [6, 6.07) is 0.168. The molecule has 2 N–H and O–H groups in total. The maximum Gasteiger partial charge on any atom is 0.0971 e. The van der Waals surface area contributed by atoms with Gasteiger partial charge in [-0.2, -0.15) is 4.91 Å². The Morgan fingerprint density at radius 3 is 2.40 bits per heavy atom. The fourth-order valence-corrected chi connectivity index (χ4v) is 0.627. The van der Waals surface area contributed by atoms with Crippen LogP contribution in [0.1, 0.15) is 33.6 Å². The van der Waals surface area contributed by atoms with E-state index in [0.717, 1.165) is 12.8 Å². The summed E-state index contributed by atoms with van der Waals surface area (Å²) >= 11 is 0. The molecule has 0 aromatic carbocycles. The van der Waals surface area contributed by atoms with E-state index in [4.69, 9.17) is 5.73 Å². The van der Waals surface area contributed by atoms with Gasteiger partial charge in [0, 0.05) is 6.04 Å². The molecule has 0 spiro atoms. The van der Waals surface area contributed by atoms with Crippen molar-refractivity contribution < 1.29 is 0 Å². The van der Waals surface area contributed by atoms with Crippen molar-refractivity contribution in [3.8, 4) is 0 Å². The molecule has 0 fully saturated rings. The molecule has 0 amide bonds. The Kier molecular flexibility index (Phi) is 3.50. The predicted octanol–water partition coefficient (Wildman–Crippen LogP) is 1.66. The topological polar surface area (TPSA) is 55.4 Å². The van der Waals surface area contributed by atoms with Gasteiger partial charge < -0.3 is 5.73 Å². The van der Waals surface area contributed by atoms with Crippen LogP contribution in [-0.2, 0) is 0 Å². The molecule has 10 heavy (non-hydrogen) atoms. The minimum atomic E-state index is -0.437. The Morgan fingerprint density at radius 1 is 1.60 bits per heavy atom. The lowest BCUT2D eigenvalue weighted by molar-refractivity contribution is 0.437. The van der Waals surface area contributed by atoms with Crippen LogP contribution >= 0.6 is 0 Å². The molecule has 0 aliphatic rings. The van der Waals surface area contributed by atoms with Crippen LogP contribution < -0.4 is 5.73 Å². The molecule has 1 atom stereocenters. The van der Waals surface area contributed by atoms with Gasteiger partial charge in [0.15, 0.2) is 0 Å². The zero-order chi connectivity index (χ0) is 8.20. The highest BCUT2D eigenvalue weighted by Crippen LogP contribution is 2.16. The summed E-state index contributed by atoms with van der Waals surface area (Å²) in [5, 5.41) is 2.99. The Morgan fingerprint density at radius 2 is 2.10 bits per heavy atom. The van der Waals surface area contributed by atoms with Crippen molar-refractivity contribution in [1.29, 1.82) is 0 Å². The molecule has 3 heteroatoms. The minimum absolute atomic E-state index is 0.168. The zero-order valence-electron chi connectivity index (χ0n) is 6.92. The van der Waals surface area contributed by atoms with Crippen molar-refractivity contribution in [3.63, 3.8) is 0 Å². The van der Waals surface area contributed by atoms with Gasteiger partial charge in [-0.05, 0) is 33.6 Å². The van der Waals surface area contributed by atoms with Crippen molar-refractivity contribution >= 4 is 0 Å². The van der Waals surface area contributed by atoms with E-state index >= 15 is 0 Å². The van der Waals surface area contributed by atoms with Gasteiger partial charge in [0.05, 0.1) is 5.54 Å². The lowest BCUT2D eigenvalue weighted by Crippen LogP contribution is -2.22. The Hall–Kier alpha value is -0.440. The summed E-state index contributed by atoms with van der Waals surface area (Å²) in [5.74, 6) is 0. The first-order valence-electron chi connectivity index (χ1n) is 3.58. The van der Waals surface area contributed by atoms with Crippen LogP contribution in [-0.4, -0.2) is 11.6 Å². The second kappa shape index (κ2) is 3.66. The summed E-state index contributed by atoms with van der Waals surface area (Å²) in [7, 11) is 0. The van der Waals surface area contributed by atoms with Gasteiger partial charge in [0.1, 0.15) is 0 Å². The fraction of sp³-hybridized carbons (Fsp3) is 1.00. The molecule has 0 radical (unpaired) electrons. The van der Waals surface area contributed by atoms with Gasteiger partial charge in [0.25, 0.3) is 0 Å². The highest BCUT2D eigenvalue weighted by Gasteiger charge is 2.17. The van der Waals surface area contributed by atoms with Crippen molar-refractivity contribution in [2.24, 2.45) is 10.9 Å². The van der Waals surface area contributed by atoms with Gasteiger partial charge in [-0.25, -0.2) is 0 Å². The van der Waals surface area contributed by atoms with Crippen LogP contribution in [0.25, 0.3) is 0 Å². The van der Waals surface area contributed by atoms with Crippen LogP contribution in [0.15, 0.2) is 5.18 Å². The molecule has 0 unspecified atom stereocenters. The predicted molar refractivity (Wildman–Crippen MR) is 42.8 cm³/mol. The second-order valence-electron chi connectivity index (χ2n) is 3.42. The van der Waals surface area contributed by atoms with Gasteiger partial charge in [-0.3, -0.25) is 0 Å². The number of rotatable bonds is 4. The molecule has 0 aromatic heterocycles. The maximum absolute atomic E-state index is 10.1. The zero-order valence-corrected chi connectivity index (χ0v) is 6.92. The third-order valence-corrected chi connectivity index (χ3v) is 1.46. The summed E-state index contributed by atoms with van der Waals surface area (Å²) in [6.07, 6.45) is 1.63. The van der Waals surface area contributed by atoms with Gasteiger partial charge in [-0.1, -0.05) is 5.18 Å². The summed E-state index contributed by atoms with van der Waals surface area (Å²) in [4.78, 5) is 10.1. The van der Waals surface area contributed by atoms with Gasteiger partial charge >= 0.3 is 0 Å². The SMILES string of the molecule is C[C@H](N)CCC(C)(C)N=O. The Balaban J connectivity index is 3.56. The molecule has 0 rings (SSSR count). The van der Waals surface area contributed by atoms with E-state index in [-0.39, 0.29) is 6.04 Å². The van der Waals surface area contributed by atoms with Crippen molar-refractivity contribution in [3.05, 3.63) is 4.91 Å². The molecular weight excluding hydrogens is 128 g/mol. The molecule has 0 heterocycles. The summed E-state index contributed by atoms with van der Waals surface area (Å²) < 4.78 is 0. The molecule has 3 nitrogen and oxygen atoms in total. The number of hydrogen-bond acceptors (Lipinski definition) is 3. The van der Waals surface area contributed by atoms with Gasteiger partial charge in [-0.15, -0.1) is 0 Å². The molecule has 0 bridgehead atoms. The lowest BCUT2D eigenvalue weighted by atomic mass is 9.98. The molecule has 60 valence electrons. The van der Waals surface area contributed by atoms with Crippen LogP contribution in [0.5, 0.6) is 0 Å². The molecule has 0 aromatic rings. The van der Waals surface area contributed by atoms with Crippen molar-refractivity contribution in [2.75, 3.05) is 0 Å². The van der Waals surface area contributed by atoms with E-state index in [0.29, 0.717) is 0 Å². The highest BCUT2D eigenvalue weighted by atomic mass is 16.3. The van der Waals surface area contributed by atoms with Crippen LogP contribution in [0.4, 0.5) is 0 Å². The van der Waals surface area contributed by atoms with E-state index in [1.54, 1.807) is 0 Å². The van der Waals surface area contributed by atoms with E-state index < -0.39 is 5.54 Å². The number of nitrogens with two attached hydrogens (primary N) is 1. The number of nitroso groups, excluding NO2 is 1. The van der Waals surface area contributed by atoms with Crippen LogP contribution in [0.3, 0.4) is 0 Å². The average Bonchev–Trinajstić information content (AvgIpc) is 1.85. The first-order chi connectivity index (χ1) is 4.48. The maximum atomic E-state index is 10.1. The van der Waals surface area contributed by atoms with E-state index in [2.05, 4.69) is 5.18 Å². The number of hydrogen-bond donors (Lipinski definition) is 1. The third kappa shape index (κ3) is 4.44. The molecule has 0 aliphatic heterocycles. The molecule has 0 saturated heterocycles. The third-order valence-electron chi connectivity index (χ3n) is 1.46. The van der Waals surface area contributed by atoms with Crippen molar-refractivity contribution in [2.45, 2.75) is 45.2 Å². The van der Waals surface area contributed by atoms with E-state index in [1.807, 2.05) is 20.8 Å². The second-order valence-corrected chi connectivity index (χ2v) is 3.42. The average molecular weight is 144 g/mol. The fourth-order valence-electron chi connectivity index (χ4n) is 0.627. The van der Waals surface area contributed by atoms with Gasteiger partial charge in [0.2, 0.25) is 0 Å². The smallest absolute Gasteiger partial charge is 0.0971 e. The quantitative estimate of drug-likeness (QED) is 0.610. The molecule has 0 saturated carbocycles. The van der Waals surface area contributed by atoms with Crippen LogP contribution in [0.2, 0.25) is 0 Å². The number of nitrogens with zero attached hydrogens (tertiary/aromatic N) is 1. The Labute approximate surface area is 62.0 Å². The largest absolute Gasteiger partial charge is 0.328 e. The van der Waals surface area contributed by atoms with Crippen molar-refractivity contribution in [1.82, 2.24) is 0 Å². The first kappa shape index (κ1) is 9.56. The van der Waals surface area contributed by atoms with Crippen LogP contribution in [0, 0.1) is 4.91 Å². The first-order valence-corrected chi connectivity index (χ1v) is 3.58. The Bertz CT molecular complexity index is 110. The van der Waals surface area contributed by atoms with E-state index in [1.165, 1.54) is 0 Å². The monoisotopic (exact) mass is 144 g/mol. The normalized spacial score (nSPS) is 14.8. The lowest BCUT2D eigenvalue weighted by Gasteiger charge is -2.15. The molecular formula is C7H16N2O. The summed E-state index contributed by atoms with van der Waals surface area (Å²) in [5.41, 5.74) is 5.07. The highest BCUT2D eigenvalue weighted by molar-refractivity contribution is 4.77. The standard InChI is InChI=1S/C7H16N2O/c1-6(8)4-5-7(2,3)9-10/h6H,4-5,8H2,1-3H3/t6-/m0/s1. The molecule has 0 aliphatic carbocycles. The summed E-state index contributed by atoms with van der Waals surface area (Å²) in [6.45, 7) is 5.58. The van der Waals surface area contributed by atoms with E-state index in [9.17, 15) is 4.91 Å². The minimum Gasteiger partial charge on any atom is -0.328 e.